The fourth-order valence-corrected chi connectivity index (χ4v) is 4.02. The van der Waals surface area contributed by atoms with Crippen molar-refractivity contribution >= 4 is 23.7 Å². The molecule has 0 saturated carbocycles. The number of nitrogens with zero attached hydrogens (tertiary/aromatic N) is 2. The molecule has 204 valence electrons. The molecule has 1 unspecified atom stereocenters. The van der Waals surface area contributed by atoms with E-state index in [9.17, 15) is 29.3 Å². The van der Waals surface area contributed by atoms with Crippen molar-refractivity contribution in [3.8, 4) is 0 Å². The van der Waals surface area contributed by atoms with E-state index in [2.05, 4.69) is 5.32 Å². The van der Waals surface area contributed by atoms with Gasteiger partial charge in [0.15, 0.2) is 0 Å². The molecule has 0 aliphatic carbocycles. The van der Waals surface area contributed by atoms with Crippen LogP contribution in [0, 0.1) is 10.1 Å². The summed E-state index contributed by atoms with van der Waals surface area (Å²) in [5, 5.41) is 22.6. The summed E-state index contributed by atoms with van der Waals surface area (Å²) in [4.78, 5) is 62.0. The van der Waals surface area contributed by atoms with Gasteiger partial charge >= 0.3 is 5.97 Å². The van der Waals surface area contributed by atoms with E-state index in [0.717, 1.165) is 11.1 Å². The molecule has 2 aromatic rings. The summed E-state index contributed by atoms with van der Waals surface area (Å²) in [7, 11) is 0. The summed E-state index contributed by atoms with van der Waals surface area (Å²) in [6.45, 7) is 1.47. The summed E-state index contributed by atoms with van der Waals surface area (Å²) in [6, 6.07) is 14.9. The van der Waals surface area contributed by atoms with Crippen molar-refractivity contribution < 1.29 is 29.2 Å². The minimum atomic E-state index is -1.15. The van der Waals surface area contributed by atoms with Gasteiger partial charge in [0.2, 0.25) is 23.8 Å². The van der Waals surface area contributed by atoms with Crippen LogP contribution in [0.5, 0.6) is 0 Å². The summed E-state index contributed by atoms with van der Waals surface area (Å²) in [5.41, 5.74) is 7.25. The van der Waals surface area contributed by atoms with Crippen LogP contribution in [0.4, 0.5) is 0 Å². The normalized spacial score (nSPS) is 13.1. The van der Waals surface area contributed by atoms with Gasteiger partial charge in [0.1, 0.15) is 12.1 Å². The number of carboxylic acids is 1. The summed E-state index contributed by atoms with van der Waals surface area (Å²) >= 11 is 0. The Morgan fingerprint density at radius 1 is 0.974 bits per heavy atom. The zero-order chi connectivity index (χ0) is 28.1. The second-order valence-electron chi connectivity index (χ2n) is 9.12. The molecular formula is C27H34N4O7. The lowest BCUT2D eigenvalue weighted by molar-refractivity contribution is -0.519. The third kappa shape index (κ3) is 10.00. The molecule has 11 heteroatoms. The van der Waals surface area contributed by atoms with Gasteiger partial charge in [-0.1, -0.05) is 60.7 Å². The molecule has 0 fully saturated rings. The number of primary amides is 1. The first kappa shape index (κ1) is 29.9. The van der Waals surface area contributed by atoms with Crippen molar-refractivity contribution in [3.63, 3.8) is 0 Å². The molecule has 0 saturated heterocycles. The SMILES string of the molecule is CC(CCCN(C(=O)[C@H](Cc1ccccc1)NC(=O)CCC(=O)O)[C@@H](Cc1ccccc1)C(N)=O)[N+](=O)[O-]. The topological polar surface area (TPSA) is 173 Å². The predicted molar refractivity (Wildman–Crippen MR) is 139 cm³/mol. The molecule has 0 heterocycles. The van der Waals surface area contributed by atoms with Crippen LogP contribution in [0.25, 0.3) is 0 Å². The molecule has 3 atom stereocenters. The molecule has 0 radical (unpaired) electrons. The smallest absolute Gasteiger partial charge is 0.303 e. The van der Waals surface area contributed by atoms with Crippen molar-refractivity contribution in [1.82, 2.24) is 10.2 Å². The molecule has 0 aromatic heterocycles. The average molecular weight is 527 g/mol. The van der Waals surface area contributed by atoms with Crippen molar-refractivity contribution in [2.45, 2.75) is 63.6 Å². The maximum Gasteiger partial charge on any atom is 0.303 e. The molecule has 4 N–H and O–H groups in total. The number of hydrogen-bond donors (Lipinski definition) is 3. The average Bonchev–Trinajstić information content (AvgIpc) is 2.89. The largest absolute Gasteiger partial charge is 0.481 e. The number of rotatable bonds is 16. The summed E-state index contributed by atoms with van der Waals surface area (Å²) in [6.07, 6.45) is -0.107. The van der Waals surface area contributed by atoms with E-state index in [0.29, 0.717) is 0 Å². The number of carbonyl (C=O) groups excluding carboxylic acids is 3. The highest BCUT2D eigenvalue weighted by Crippen LogP contribution is 2.16. The fourth-order valence-electron chi connectivity index (χ4n) is 4.02. The Morgan fingerprint density at radius 2 is 1.53 bits per heavy atom. The van der Waals surface area contributed by atoms with E-state index in [1.54, 1.807) is 54.6 Å². The lowest BCUT2D eigenvalue weighted by Gasteiger charge is -2.33. The minimum Gasteiger partial charge on any atom is -0.481 e. The highest BCUT2D eigenvalue weighted by atomic mass is 16.6. The predicted octanol–water partition coefficient (Wildman–Crippen LogP) is 1.95. The molecule has 0 aliphatic rings. The van der Waals surface area contributed by atoms with Crippen LogP contribution in [0.1, 0.15) is 43.7 Å². The van der Waals surface area contributed by atoms with Crippen molar-refractivity contribution in [3.05, 3.63) is 81.9 Å². The number of carboxylic acid groups (broad SMARTS) is 1. The zero-order valence-electron chi connectivity index (χ0n) is 21.3. The molecule has 3 amide bonds. The maximum atomic E-state index is 13.9. The number of aliphatic carboxylic acids is 1. The van der Waals surface area contributed by atoms with Crippen LogP contribution in [-0.4, -0.2) is 63.3 Å². The van der Waals surface area contributed by atoms with Gasteiger partial charge in [-0.15, -0.1) is 0 Å². The Labute approximate surface area is 221 Å². The quantitative estimate of drug-likeness (QED) is 0.221. The van der Waals surface area contributed by atoms with E-state index in [1.807, 2.05) is 6.07 Å². The lowest BCUT2D eigenvalue weighted by atomic mass is 9.99. The third-order valence-corrected chi connectivity index (χ3v) is 6.12. The molecule has 11 nitrogen and oxygen atoms in total. The van der Waals surface area contributed by atoms with Gasteiger partial charge in [-0.3, -0.25) is 29.3 Å². The van der Waals surface area contributed by atoms with Gasteiger partial charge in [0.25, 0.3) is 0 Å². The zero-order valence-corrected chi connectivity index (χ0v) is 21.3. The van der Waals surface area contributed by atoms with E-state index < -0.39 is 53.2 Å². The highest BCUT2D eigenvalue weighted by molar-refractivity contribution is 5.92. The monoisotopic (exact) mass is 526 g/mol. The Kier molecular flexibility index (Phi) is 11.9. The highest BCUT2D eigenvalue weighted by Gasteiger charge is 2.34. The van der Waals surface area contributed by atoms with Crippen LogP contribution in [0.3, 0.4) is 0 Å². The Hall–Kier alpha value is -4.28. The van der Waals surface area contributed by atoms with Gasteiger partial charge in [-0.2, -0.15) is 0 Å². The van der Waals surface area contributed by atoms with Crippen LogP contribution in [-0.2, 0) is 32.0 Å². The number of nitrogens with two attached hydrogens (primary N) is 1. The van der Waals surface area contributed by atoms with E-state index in [1.165, 1.54) is 11.8 Å². The number of benzene rings is 2. The first-order valence-corrected chi connectivity index (χ1v) is 12.4. The second-order valence-corrected chi connectivity index (χ2v) is 9.12. The lowest BCUT2D eigenvalue weighted by Crippen LogP contribution is -2.56. The van der Waals surface area contributed by atoms with Crippen LogP contribution in [0.15, 0.2) is 60.7 Å². The molecule has 38 heavy (non-hydrogen) atoms. The number of nitro groups is 1. The van der Waals surface area contributed by atoms with Gasteiger partial charge < -0.3 is 21.1 Å². The molecular weight excluding hydrogens is 492 g/mol. The Bertz CT molecular complexity index is 1100. The van der Waals surface area contributed by atoms with Crippen molar-refractivity contribution in [2.75, 3.05) is 6.54 Å². The summed E-state index contributed by atoms with van der Waals surface area (Å²) in [5.74, 6) is -3.10. The minimum absolute atomic E-state index is 0.00768. The van der Waals surface area contributed by atoms with Crippen LogP contribution >= 0.6 is 0 Å². The maximum absolute atomic E-state index is 13.9. The molecule has 2 rings (SSSR count). The standard InChI is InChI=1S/C27H34N4O7/c1-19(31(37)38)9-8-16-30(23(26(28)35)18-21-12-6-3-7-13-21)27(36)22(17-20-10-4-2-5-11-20)29-24(32)14-15-25(33)34/h2-7,10-13,19,22-23H,8-9,14-18H2,1H3,(H2,28,35)(H,29,32)(H,33,34)/t19?,22-,23-/m0/s1. The molecule has 0 aliphatic heterocycles. The third-order valence-electron chi connectivity index (χ3n) is 6.12. The van der Waals surface area contributed by atoms with Gasteiger partial charge in [0.05, 0.1) is 6.42 Å². The number of carbonyl (C=O) groups is 4. The van der Waals surface area contributed by atoms with Crippen LogP contribution in [0.2, 0.25) is 0 Å². The molecule has 2 aromatic carbocycles. The van der Waals surface area contributed by atoms with Crippen molar-refractivity contribution in [1.29, 1.82) is 0 Å². The molecule has 0 bridgehead atoms. The molecule has 0 spiro atoms. The first-order chi connectivity index (χ1) is 18.1. The Balaban J connectivity index is 2.37. The fraction of sp³-hybridized carbons (Fsp3) is 0.407. The second kappa shape index (κ2) is 15.1. The van der Waals surface area contributed by atoms with Gasteiger partial charge in [-0.25, -0.2) is 0 Å². The van der Waals surface area contributed by atoms with Gasteiger partial charge in [-0.05, 0) is 17.5 Å². The van der Waals surface area contributed by atoms with Crippen molar-refractivity contribution in [2.24, 2.45) is 5.73 Å². The number of hydrogen-bond acceptors (Lipinski definition) is 6. The first-order valence-electron chi connectivity index (χ1n) is 12.4. The van der Waals surface area contributed by atoms with Crippen LogP contribution < -0.4 is 11.1 Å². The number of amides is 3. The Morgan fingerprint density at radius 3 is 2.03 bits per heavy atom. The van der Waals surface area contributed by atoms with E-state index in [4.69, 9.17) is 10.8 Å². The van der Waals surface area contributed by atoms with Gasteiger partial charge in [0, 0.05) is 44.1 Å². The number of nitrogens with one attached hydrogen (secondary N) is 1. The van der Waals surface area contributed by atoms with E-state index in [-0.39, 0.29) is 38.6 Å². The van der Waals surface area contributed by atoms with E-state index >= 15 is 0 Å². The summed E-state index contributed by atoms with van der Waals surface area (Å²) < 4.78 is 0.